The SMILES string of the molecule is O=C(NC(CO)C(=O)OCCOc1ccc(Cl)cc1)c1ccccc1. The van der Waals surface area contributed by atoms with E-state index in [0.29, 0.717) is 16.3 Å². The molecule has 25 heavy (non-hydrogen) atoms. The lowest BCUT2D eigenvalue weighted by molar-refractivity contribution is -0.147. The Morgan fingerprint density at radius 2 is 1.72 bits per heavy atom. The molecule has 0 fully saturated rings. The van der Waals surface area contributed by atoms with Gasteiger partial charge in [-0.15, -0.1) is 0 Å². The van der Waals surface area contributed by atoms with Crippen molar-refractivity contribution in [3.8, 4) is 5.75 Å². The summed E-state index contributed by atoms with van der Waals surface area (Å²) >= 11 is 5.77. The van der Waals surface area contributed by atoms with Gasteiger partial charge in [0.05, 0.1) is 6.61 Å². The third-order valence-corrected chi connectivity index (χ3v) is 3.47. The molecule has 6 nitrogen and oxygen atoms in total. The first-order valence-corrected chi connectivity index (χ1v) is 7.99. The number of ether oxygens (including phenoxy) is 2. The highest BCUT2D eigenvalue weighted by atomic mass is 35.5. The lowest BCUT2D eigenvalue weighted by atomic mass is 10.2. The number of amides is 1. The minimum Gasteiger partial charge on any atom is -0.490 e. The van der Waals surface area contributed by atoms with Crippen LogP contribution in [0.3, 0.4) is 0 Å². The van der Waals surface area contributed by atoms with E-state index in [-0.39, 0.29) is 13.2 Å². The Bertz CT molecular complexity index is 690. The lowest BCUT2D eigenvalue weighted by Crippen LogP contribution is -2.44. The fraction of sp³-hybridized carbons (Fsp3) is 0.222. The van der Waals surface area contributed by atoms with Crippen LogP contribution in [0.25, 0.3) is 0 Å². The largest absolute Gasteiger partial charge is 0.490 e. The molecule has 0 saturated heterocycles. The zero-order chi connectivity index (χ0) is 18.1. The Kier molecular flexibility index (Phi) is 7.25. The zero-order valence-electron chi connectivity index (χ0n) is 13.4. The number of aliphatic hydroxyl groups excluding tert-OH is 1. The fourth-order valence-corrected chi connectivity index (χ4v) is 2.07. The second kappa shape index (κ2) is 9.66. The molecular formula is C18H18ClNO5. The molecular weight excluding hydrogens is 346 g/mol. The fourth-order valence-electron chi connectivity index (χ4n) is 1.94. The van der Waals surface area contributed by atoms with Crippen molar-refractivity contribution in [3.05, 3.63) is 65.2 Å². The maximum Gasteiger partial charge on any atom is 0.331 e. The number of esters is 1. The third kappa shape index (κ3) is 6.10. The molecule has 132 valence electrons. The van der Waals surface area contributed by atoms with E-state index in [0.717, 1.165) is 0 Å². The van der Waals surface area contributed by atoms with Crippen LogP contribution < -0.4 is 10.1 Å². The van der Waals surface area contributed by atoms with Crippen LogP contribution in [0.4, 0.5) is 0 Å². The number of hydrogen-bond donors (Lipinski definition) is 2. The highest BCUT2D eigenvalue weighted by Gasteiger charge is 2.22. The van der Waals surface area contributed by atoms with Crippen molar-refractivity contribution >= 4 is 23.5 Å². The molecule has 7 heteroatoms. The van der Waals surface area contributed by atoms with Gasteiger partial charge in [-0.3, -0.25) is 4.79 Å². The van der Waals surface area contributed by atoms with Gasteiger partial charge < -0.3 is 19.9 Å². The summed E-state index contributed by atoms with van der Waals surface area (Å²) in [5, 5.41) is 12.3. The molecule has 2 aromatic rings. The number of hydrogen-bond acceptors (Lipinski definition) is 5. The third-order valence-electron chi connectivity index (χ3n) is 3.22. The molecule has 0 heterocycles. The van der Waals surface area contributed by atoms with Gasteiger partial charge in [-0.25, -0.2) is 4.79 Å². The average molecular weight is 364 g/mol. The molecule has 1 unspecified atom stereocenters. The van der Waals surface area contributed by atoms with Gasteiger partial charge in [0, 0.05) is 10.6 Å². The normalized spacial score (nSPS) is 11.4. The first-order chi connectivity index (χ1) is 12.1. The van der Waals surface area contributed by atoms with Gasteiger partial charge in [-0.05, 0) is 36.4 Å². The van der Waals surface area contributed by atoms with Crippen LogP contribution in [0.15, 0.2) is 54.6 Å². The number of carbonyl (C=O) groups excluding carboxylic acids is 2. The molecule has 2 N–H and O–H groups in total. The quantitative estimate of drug-likeness (QED) is 0.554. The molecule has 0 aromatic heterocycles. The Labute approximate surface area is 150 Å². The zero-order valence-corrected chi connectivity index (χ0v) is 14.1. The van der Waals surface area contributed by atoms with Crippen LogP contribution in [-0.2, 0) is 9.53 Å². The number of benzene rings is 2. The molecule has 0 spiro atoms. The average Bonchev–Trinajstić information content (AvgIpc) is 2.65. The molecule has 1 amide bonds. The standard InChI is InChI=1S/C18H18ClNO5/c19-14-6-8-15(9-7-14)24-10-11-25-18(23)16(12-21)20-17(22)13-4-2-1-3-5-13/h1-9,16,21H,10-12H2,(H,20,22). The minimum atomic E-state index is -1.14. The van der Waals surface area contributed by atoms with E-state index in [1.54, 1.807) is 54.6 Å². The molecule has 1 atom stereocenters. The molecule has 0 aliphatic rings. The van der Waals surface area contributed by atoms with Gasteiger partial charge in [0.15, 0.2) is 6.04 Å². The Morgan fingerprint density at radius 3 is 2.36 bits per heavy atom. The molecule has 0 bridgehead atoms. The maximum atomic E-state index is 12.0. The highest BCUT2D eigenvalue weighted by Crippen LogP contribution is 2.15. The monoisotopic (exact) mass is 363 g/mol. The van der Waals surface area contributed by atoms with Crippen LogP contribution in [0.5, 0.6) is 5.75 Å². The van der Waals surface area contributed by atoms with Gasteiger partial charge in [0.25, 0.3) is 5.91 Å². The van der Waals surface area contributed by atoms with Crippen molar-refractivity contribution < 1.29 is 24.2 Å². The van der Waals surface area contributed by atoms with Crippen LogP contribution in [0.1, 0.15) is 10.4 Å². The smallest absolute Gasteiger partial charge is 0.331 e. The molecule has 0 saturated carbocycles. The van der Waals surface area contributed by atoms with Gasteiger partial charge in [-0.1, -0.05) is 29.8 Å². The first-order valence-electron chi connectivity index (χ1n) is 7.62. The Morgan fingerprint density at radius 1 is 1.04 bits per heavy atom. The van der Waals surface area contributed by atoms with E-state index in [1.165, 1.54) is 0 Å². The first kappa shape index (κ1) is 18.8. The second-order valence-electron chi connectivity index (χ2n) is 5.04. The summed E-state index contributed by atoms with van der Waals surface area (Å²) in [7, 11) is 0. The Hall–Kier alpha value is -2.57. The van der Waals surface area contributed by atoms with E-state index in [9.17, 15) is 14.7 Å². The van der Waals surface area contributed by atoms with Gasteiger partial charge >= 0.3 is 5.97 Å². The van der Waals surface area contributed by atoms with Gasteiger partial charge in [-0.2, -0.15) is 0 Å². The van der Waals surface area contributed by atoms with Gasteiger partial charge in [0.1, 0.15) is 19.0 Å². The number of halogens is 1. The maximum absolute atomic E-state index is 12.0. The number of aliphatic hydroxyl groups is 1. The predicted octanol–water partition coefficient (Wildman–Crippen LogP) is 2.05. The van der Waals surface area contributed by atoms with Crippen LogP contribution >= 0.6 is 11.6 Å². The number of carbonyl (C=O) groups is 2. The highest BCUT2D eigenvalue weighted by molar-refractivity contribution is 6.30. The summed E-state index contributed by atoms with van der Waals surface area (Å²) in [4.78, 5) is 23.9. The molecule has 0 aliphatic carbocycles. The van der Waals surface area contributed by atoms with E-state index in [4.69, 9.17) is 21.1 Å². The summed E-state index contributed by atoms with van der Waals surface area (Å²) in [5.41, 5.74) is 0.389. The summed E-state index contributed by atoms with van der Waals surface area (Å²) in [6.07, 6.45) is 0. The number of nitrogens with one attached hydrogen (secondary N) is 1. The van der Waals surface area contributed by atoms with Gasteiger partial charge in [0.2, 0.25) is 0 Å². The topological polar surface area (TPSA) is 84.9 Å². The van der Waals surface area contributed by atoms with Crippen LogP contribution in [0, 0.1) is 0 Å². The van der Waals surface area contributed by atoms with Crippen molar-refractivity contribution in [2.45, 2.75) is 6.04 Å². The van der Waals surface area contributed by atoms with E-state index in [2.05, 4.69) is 5.32 Å². The predicted molar refractivity (Wildman–Crippen MR) is 92.7 cm³/mol. The minimum absolute atomic E-state index is 0.0147. The van der Waals surface area contributed by atoms with E-state index in [1.807, 2.05) is 0 Å². The molecule has 2 rings (SSSR count). The molecule has 0 radical (unpaired) electrons. The summed E-state index contributed by atoms with van der Waals surface area (Å²) in [6, 6.07) is 14.0. The number of rotatable bonds is 8. The summed E-state index contributed by atoms with van der Waals surface area (Å²) < 4.78 is 10.4. The van der Waals surface area contributed by atoms with Crippen molar-refractivity contribution in [3.63, 3.8) is 0 Å². The van der Waals surface area contributed by atoms with Crippen LogP contribution in [-0.4, -0.2) is 42.8 Å². The summed E-state index contributed by atoms with van der Waals surface area (Å²) in [6.45, 7) is -0.438. The lowest BCUT2D eigenvalue weighted by Gasteiger charge is -2.15. The van der Waals surface area contributed by atoms with Crippen molar-refractivity contribution in [1.82, 2.24) is 5.32 Å². The van der Waals surface area contributed by atoms with Crippen molar-refractivity contribution in [2.75, 3.05) is 19.8 Å². The van der Waals surface area contributed by atoms with Crippen molar-refractivity contribution in [2.24, 2.45) is 0 Å². The van der Waals surface area contributed by atoms with E-state index < -0.39 is 24.5 Å². The van der Waals surface area contributed by atoms with E-state index >= 15 is 0 Å². The van der Waals surface area contributed by atoms with Crippen LogP contribution in [0.2, 0.25) is 5.02 Å². The summed E-state index contributed by atoms with van der Waals surface area (Å²) in [5.74, 6) is -0.600. The van der Waals surface area contributed by atoms with Crippen molar-refractivity contribution in [1.29, 1.82) is 0 Å². The molecule has 0 aliphatic heterocycles. The second-order valence-corrected chi connectivity index (χ2v) is 5.48. The molecule has 2 aromatic carbocycles. The Balaban J connectivity index is 1.75.